The number of hydrogen-bond acceptors (Lipinski definition) is 5. The second-order valence-corrected chi connectivity index (χ2v) is 11.0. The number of rotatable bonds is 8. The second-order valence-electron chi connectivity index (χ2n) is 8.01. The van der Waals surface area contributed by atoms with E-state index in [2.05, 4.69) is 10.3 Å². The fraction of sp³-hybridized carbons (Fsp3) is 0.200. The zero-order valence-corrected chi connectivity index (χ0v) is 20.9. The first kappa shape index (κ1) is 24.0. The van der Waals surface area contributed by atoms with Gasteiger partial charge in [0.1, 0.15) is 5.69 Å². The fourth-order valence-electron chi connectivity index (χ4n) is 3.67. The molecule has 1 N–H and O–H groups in total. The Bertz CT molecular complexity index is 1410. The van der Waals surface area contributed by atoms with Gasteiger partial charge in [-0.1, -0.05) is 12.1 Å². The van der Waals surface area contributed by atoms with Crippen LogP contribution in [0.2, 0.25) is 0 Å². The number of fused-ring (bicyclic) bond motifs is 1. The Labute approximate surface area is 203 Å². The third kappa shape index (κ3) is 5.01. The summed E-state index contributed by atoms with van der Waals surface area (Å²) >= 11 is 1.67. The van der Waals surface area contributed by atoms with E-state index >= 15 is 0 Å². The number of pyridine rings is 1. The van der Waals surface area contributed by atoms with Crippen LogP contribution in [0.4, 0.5) is 0 Å². The van der Waals surface area contributed by atoms with E-state index in [1.54, 1.807) is 48.4 Å². The van der Waals surface area contributed by atoms with E-state index in [-0.39, 0.29) is 10.8 Å². The van der Waals surface area contributed by atoms with Crippen LogP contribution in [-0.2, 0) is 23.1 Å². The minimum absolute atomic E-state index is 0.187. The van der Waals surface area contributed by atoms with Crippen LogP contribution in [0.1, 0.15) is 21.6 Å². The van der Waals surface area contributed by atoms with Crippen molar-refractivity contribution in [1.82, 2.24) is 19.2 Å². The van der Waals surface area contributed by atoms with Crippen molar-refractivity contribution >= 4 is 38.6 Å². The van der Waals surface area contributed by atoms with E-state index in [0.717, 1.165) is 21.5 Å². The van der Waals surface area contributed by atoms with E-state index in [1.807, 2.05) is 47.2 Å². The van der Waals surface area contributed by atoms with Crippen LogP contribution in [0.5, 0.6) is 0 Å². The first-order valence-electron chi connectivity index (χ1n) is 10.7. The number of amides is 1. The molecule has 176 valence electrons. The summed E-state index contributed by atoms with van der Waals surface area (Å²) in [6.07, 6.45) is 5.44. The highest BCUT2D eigenvalue weighted by Crippen LogP contribution is 2.26. The molecular weight excluding hydrogens is 468 g/mol. The molecule has 1 amide bonds. The topological polar surface area (TPSA) is 84.3 Å². The predicted molar refractivity (Wildman–Crippen MR) is 136 cm³/mol. The highest BCUT2D eigenvalue weighted by molar-refractivity contribution is 7.98. The summed E-state index contributed by atoms with van der Waals surface area (Å²) in [6.45, 7) is 0.849. The molecule has 0 radical (unpaired) electrons. The van der Waals surface area contributed by atoms with Gasteiger partial charge < -0.3 is 9.88 Å². The smallest absolute Gasteiger partial charge is 0.268 e. The molecule has 0 aliphatic carbocycles. The molecule has 0 spiro atoms. The van der Waals surface area contributed by atoms with Crippen LogP contribution < -0.4 is 5.32 Å². The molecule has 2 aromatic carbocycles. The molecule has 34 heavy (non-hydrogen) atoms. The zero-order chi connectivity index (χ0) is 24.3. The second kappa shape index (κ2) is 10.0. The normalized spacial score (nSPS) is 11.8. The molecule has 4 rings (SSSR count). The van der Waals surface area contributed by atoms with Crippen molar-refractivity contribution in [1.29, 1.82) is 0 Å². The Morgan fingerprint density at radius 3 is 2.35 bits per heavy atom. The predicted octanol–water partition coefficient (Wildman–Crippen LogP) is 3.99. The SMILES string of the molecule is CSc1ccc(CNC(=O)c2cc3cc(S(=O)(=O)N(C)C)ccc3n2Cc2ccncc2)cc1. The summed E-state index contributed by atoms with van der Waals surface area (Å²) in [5.41, 5.74) is 3.23. The van der Waals surface area contributed by atoms with Gasteiger partial charge in [-0.15, -0.1) is 11.8 Å². The van der Waals surface area contributed by atoms with Gasteiger partial charge in [-0.25, -0.2) is 12.7 Å². The summed E-state index contributed by atoms with van der Waals surface area (Å²) in [5, 5.41) is 3.68. The molecule has 0 saturated carbocycles. The third-order valence-electron chi connectivity index (χ3n) is 5.59. The molecule has 4 aromatic rings. The molecule has 0 bridgehead atoms. The molecule has 0 unspecified atom stereocenters. The van der Waals surface area contributed by atoms with E-state index < -0.39 is 10.0 Å². The van der Waals surface area contributed by atoms with Crippen molar-refractivity contribution in [3.8, 4) is 0 Å². The number of benzene rings is 2. The van der Waals surface area contributed by atoms with Crippen molar-refractivity contribution in [2.24, 2.45) is 0 Å². The average molecular weight is 495 g/mol. The molecule has 0 aliphatic rings. The number of aromatic nitrogens is 2. The van der Waals surface area contributed by atoms with Crippen LogP contribution in [0.15, 0.2) is 82.8 Å². The van der Waals surface area contributed by atoms with Gasteiger partial charge in [0.15, 0.2) is 0 Å². The van der Waals surface area contributed by atoms with Gasteiger partial charge in [0.25, 0.3) is 5.91 Å². The first-order valence-corrected chi connectivity index (χ1v) is 13.3. The summed E-state index contributed by atoms with van der Waals surface area (Å²) in [5.74, 6) is -0.226. The lowest BCUT2D eigenvalue weighted by Crippen LogP contribution is -2.25. The molecule has 0 aliphatic heterocycles. The molecule has 2 heterocycles. The van der Waals surface area contributed by atoms with Crippen LogP contribution in [0.25, 0.3) is 10.9 Å². The minimum atomic E-state index is -3.59. The Balaban J connectivity index is 1.70. The Morgan fingerprint density at radius 1 is 1.00 bits per heavy atom. The standard InChI is InChI=1S/C25H26N4O3S2/c1-28(2)34(31,32)22-8-9-23-20(14-22)15-24(29(23)17-19-10-12-26-13-11-19)25(30)27-16-18-4-6-21(33-3)7-5-18/h4-15H,16-17H2,1-3H3,(H,27,30). The molecule has 0 atom stereocenters. The average Bonchev–Trinajstić information content (AvgIpc) is 3.21. The summed E-state index contributed by atoms with van der Waals surface area (Å²) < 4.78 is 28.3. The number of hydrogen-bond donors (Lipinski definition) is 1. The highest BCUT2D eigenvalue weighted by atomic mass is 32.2. The van der Waals surface area contributed by atoms with Gasteiger partial charge in [0.2, 0.25) is 10.0 Å². The van der Waals surface area contributed by atoms with Gasteiger partial charge in [-0.2, -0.15) is 0 Å². The van der Waals surface area contributed by atoms with Gasteiger partial charge in [0.05, 0.1) is 4.90 Å². The maximum absolute atomic E-state index is 13.2. The molecule has 2 aromatic heterocycles. The van der Waals surface area contributed by atoms with Crippen molar-refractivity contribution in [3.63, 3.8) is 0 Å². The maximum atomic E-state index is 13.2. The van der Waals surface area contributed by atoms with Crippen molar-refractivity contribution in [2.45, 2.75) is 22.9 Å². The van der Waals surface area contributed by atoms with Crippen LogP contribution in [0, 0.1) is 0 Å². The van der Waals surface area contributed by atoms with E-state index in [0.29, 0.717) is 24.2 Å². The van der Waals surface area contributed by atoms with Crippen LogP contribution in [-0.4, -0.2) is 48.5 Å². The van der Waals surface area contributed by atoms with Gasteiger partial charge >= 0.3 is 0 Å². The van der Waals surface area contributed by atoms with Crippen molar-refractivity contribution < 1.29 is 13.2 Å². The maximum Gasteiger partial charge on any atom is 0.268 e. The number of sulfonamides is 1. The van der Waals surface area contributed by atoms with Gasteiger partial charge in [-0.3, -0.25) is 9.78 Å². The Morgan fingerprint density at radius 2 is 1.71 bits per heavy atom. The van der Waals surface area contributed by atoms with Crippen LogP contribution >= 0.6 is 11.8 Å². The largest absolute Gasteiger partial charge is 0.347 e. The summed E-state index contributed by atoms with van der Waals surface area (Å²) in [4.78, 5) is 18.7. The number of thioether (sulfide) groups is 1. The highest BCUT2D eigenvalue weighted by Gasteiger charge is 2.21. The Kier molecular flexibility index (Phi) is 7.06. The number of carbonyl (C=O) groups excluding carboxylic acids is 1. The number of carbonyl (C=O) groups is 1. The summed E-state index contributed by atoms with van der Waals surface area (Å²) in [7, 11) is -0.592. The molecule has 9 heteroatoms. The lowest BCUT2D eigenvalue weighted by atomic mass is 10.2. The number of nitrogens with zero attached hydrogens (tertiary/aromatic N) is 3. The van der Waals surface area contributed by atoms with Gasteiger partial charge in [-0.05, 0) is 65.9 Å². The quantitative estimate of drug-likeness (QED) is 0.375. The fourth-order valence-corrected chi connectivity index (χ4v) is 5.01. The first-order chi connectivity index (χ1) is 16.3. The minimum Gasteiger partial charge on any atom is -0.347 e. The lowest BCUT2D eigenvalue weighted by Gasteiger charge is -2.13. The molecule has 0 fully saturated rings. The monoisotopic (exact) mass is 494 g/mol. The summed E-state index contributed by atoms with van der Waals surface area (Å²) in [6, 6.07) is 18.5. The molecular formula is C25H26N4O3S2. The van der Waals surface area contributed by atoms with E-state index in [4.69, 9.17) is 0 Å². The lowest BCUT2D eigenvalue weighted by molar-refractivity contribution is 0.0942. The Hall–Kier alpha value is -3.14. The van der Waals surface area contributed by atoms with E-state index in [1.165, 1.54) is 18.4 Å². The molecule has 7 nitrogen and oxygen atoms in total. The van der Waals surface area contributed by atoms with Gasteiger partial charge in [0, 0.05) is 55.4 Å². The third-order valence-corrected chi connectivity index (χ3v) is 8.14. The molecule has 0 saturated heterocycles. The van der Waals surface area contributed by atoms with E-state index in [9.17, 15) is 13.2 Å². The van der Waals surface area contributed by atoms with Crippen LogP contribution in [0.3, 0.4) is 0 Å². The zero-order valence-electron chi connectivity index (χ0n) is 19.2. The van der Waals surface area contributed by atoms with Crippen molar-refractivity contribution in [3.05, 3.63) is 89.9 Å². The van der Waals surface area contributed by atoms with Crippen molar-refractivity contribution in [2.75, 3.05) is 20.4 Å². The number of nitrogens with one attached hydrogen (secondary N) is 1.